The number of pyridine rings is 1. The normalized spacial score (nSPS) is 13.3. The van der Waals surface area contributed by atoms with Gasteiger partial charge in [-0.2, -0.15) is 0 Å². The number of carbonyl (C=O) groups excluding carboxylic acids is 2. The molecule has 2 amide bonds. The zero-order chi connectivity index (χ0) is 24.4. The highest BCUT2D eigenvalue weighted by atomic mass is 35.5. The van der Waals surface area contributed by atoms with Gasteiger partial charge in [-0.3, -0.25) is 9.59 Å². The highest BCUT2D eigenvalue weighted by Crippen LogP contribution is 2.27. The third-order valence-electron chi connectivity index (χ3n) is 5.42. The summed E-state index contributed by atoms with van der Waals surface area (Å²) >= 11 is 6.06. The summed E-state index contributed by atoms with van der Waals surface area (Å²) in [6, 6.07) is 6.93. The van der Waals surface area contributed by atoms with Gasteiger partial charge in [0.1, 0.15) is 11.6 Å². The third kappa shape index (κ3) is 5.05. The number of hydrogen-bond donors (Lipinski definition) is 2. The maximum Gasteiger partial charge on any atom is 0.258 e. The van der Waals surface area contributed by atoms with E-state index in [0.29, 0.717) is 19.0 Å². The average Bonchev–Trinajstić information content (AvgIpc) is 2.75. The van der Waals surface area contributed by atoms with Crippen LogP contribution in [0.3, 0.4) is 0 Å². The molecule has 1 fully saturated rings. The van der Waals surface area contributed by atoms with Crippen LogP contribution in [-0.4, -0.2) is 30.0 Å². The summed E-state index contributed by atoms with van der Waals surface area (Å²) in [5, 5.41) is 4.85. The Balaban J connectivity index is 1.49. The first-order chi connectivity index (χ1) is 16.2. The molecular weight excluding hydrogens is 471 g/mol. The number of hydrogen-bond acceptors (Lipinski definition) is 4. The fourth-order valence-corrected chi connectivity index (χ4v) is 3.61. The summed E-state index contributed by atoms with van der Waals surface area (Å²) in [6.45, 7) is 2.86. The van der Waals surface area contributed by atoms with Crippen molar-refractivity contribution in [3.05, 3.63) is 92.9 Å². The fraction of sp³-hybridized carbons (Fsp3) is 0.208. The van der Waals surface area contributed by atoms with E-state index in [1.54, 1.807) is 13.1 Å². The first-order valence-electron chi connectivity index (χ1n) is 10.3. The van der Waals surface area contributed by atoms with Gasteiger partial charge in [0, 0.05) is 18.7 Å². The van der Waals surface area contributed by atoms with Crippen LogP contribution in [0.25, 0.3) is 0 Å². The maximum atomic E-state index is 14.4. The minimum Gasteiger partial charge on any atom is -0.380 e. The molecule has 1 aliphatic heterocycles. The van der Waals surface area contributed by atoms with Crippen LogP contribution in [0.15, 0.2) is 42.6 Å². The van der Waals surface area contributed by atoms with Crippen molar-refractivity contribution in [2.45, 2.75) is 19.4 Å². The number of aromatic nitrogens is 1. The van der Waals surface area contributed by atoms with Crippen LogP contribution in [-0.2, 0) is 11.3 Å². The second-order valence-electron chi connectivity index (χ2n) is 7.87. The quantitative estimate of drug-likeness (QED) is 0.523. The van der Waals surface area contributed by atoms with E-state index >= 15 is 0 Å². The Morgan fingerprint density at radius 2 is 1.79 bits per heavy atom. The number of rotatable bonds is 6. The van der Waals surface area contributed by atoms with Crippen LogP contribution in [0, 0.1) is 24.4 Å². The van der Waals surface area contributed by atoms with Gasteiger partial charge in [-0.15, -0.1) is 0 Å². The van der Waals surface area contributed by atoms with Crippen molar-refractivity contribution in [3.63, 3.8) is 0 Å². The summed E-state index contributed by atoms with van der Waals surface area (Å²) < 4.78 is 46.0. The molecule has 1 saturated heterocycles. The van der Waals surface area contributed by atoms with Crippen LogP contribution in [0.4, 0.5) is 19.0 Å². The molecule has 0 unspecified atom stereocenters. The lowest BCUT2D eigenvalue weighted by atomic mass is 9.98. The SMILES string of the molecule is Cc1cc(C2COC2)cnc1NC(=O)c1cc(C(=O)NCc2ccc(F)c(F)c2)c(F)cc1Cl. The van der Waals surface area contributed by atoms with E-state index in [1.165, 1.54) is 6.07 Å². The number of ether oxygens (including phenoxy) is 1. The number of nitrogens with one attached hydrogen (secondary N) is 2. The predicted octanol–water partition coefficient (Wildman–Crippen LogP) is 4.76. The molecule has 0 spiro atoms. The fourth-order valence-electron chi connectivity index (χ4n) is 3.38. The molecule has 0 aliphatic carbocycles. The van der Waals surface area contributed by atoms with Gasteiger partial charge < -0.3 is 15.4 Å². The second kappa shape index (κ2) is 9.82. The van der Waals surface area contributed by atoms with Gasteiger partial charge in [0.05, 0.1) is 29.4 Å². The third-order valence-corrected chi connectivity index (χ3v) is 5.74. The van der Waals surface area contributed by atoms with E-state index in [4.69, 9.17) is 16.3 Å². The van der Waals surface area contributed by atoms with E-state index < -0.39 is 34.8 Å². The Kier molecular flexibility index (Phi) is 6.85. The van der Waals surface area contributed by atoms with Gasteiger partial charge in [-0.25, -0.2) is 18.2 Å². The monoisotopic (exact) mass is 489 g/mol. The topological polar surface area (TPSA) is 80.3 Å². The molecule has 4 rings (SSSR count). The molecule has 2 heterocycles. The number of carbonyl (C=O) groups is 2. The Morgan fingerprint density at radius 3 is 2.44 bits per heavy atom. The number of halogens is 4. The van der Waals surface area contributed by atoms with Gasteiger partial charge in [0.15, 0.2) is 11.6 Å². The van der Waals surface area contributed by atoms with Crippen LogP contribution in [0.5, 0.6) is 0 Å². The molecule has 10 heteroatoms. The predicted molar refractivity (Wildman–Crippen MR) is 119 cm³/mol. The van der Waals surface area contributed by atoms with Crippen molar-refractivity contribution in [2.24, 2.45) is 0 Å². The van der Waals surface area contributed by atoms with Crippen molar-refractivity contribution in [1.29, 1.82) is 0 Å². The summed E-state index contributed by atoms with van der Waals surface area (Å²) in [4.78, 5) is 29.6. The van der Waals surface area contributed by atoms with Crippen LogP contribution < -0.4 is 10.6 Å². The molecule has 6 nitrogen and oxygen atoms in total. The minimum absolute atomic E-state index is 0.126. The van der Waals surface area contributed by atoms with Crippen LogP contribution in [0.2, 0.25) is 5.02 Å². The lowest BCUT2D eigenvalue weighted by Gasteiger charge is -2.26. The number of aryl methyl sites for hydroxylation is 1. The number of benzene rings is 2. The molecule has 0 atom stereocenters. The Bertz CT molecular complexity index is 1280. The molecule has 2 aromatic carbocycles. The van der Waals surface area contributed by atoms with Crippen molar-refractivity contribution >= 4 is 29.2 Å². The van der Waals surface area contributed by atoms with E-state index in [-0.39, 0.29) is 28.6 Å². The van der Waals surface area contributed by atoms with Gasteiger partial charge in [-0.05, 0) is 47.9 Å². The summed E-state index contributed by atoms with van der Waals surface area (Å²) in [6.07, 6.45) is 1.65. The number of amides is 2. The van der Waals surface area contributed by atoms with Crippen molar-refractivity contribution < 1.29 is 27.5 Å². The summed E-state index contributed by atoms with van der Waals surface area (Å²) in [5.41, 5.74) is 1.45. The van der Waals surface area contributed by atoms with Gasteiger partial charge in [0.2, 0.25) is 0 Å². The molecule has 3 aromatic rings. The van der Waals surface area contributed by atoms with Crippen molar-refractivity contribution in [3.8, 4) is 0 Å². The first-order valence-corrected chi connectivity index (χ1v) is 10.7. The summed E-state index contributed by atoms with van der Waals surface area (Å²) in [7, 11) is 0. The zero-order valence-corrected chi connectivity index (χ0v) is 18.7. The molecule has 0 radical (unpaired) electrons. The van der Waals surface area contributed by atoms with Crippen molar-refractivity contribution in [2.75, 3.05) is 18.5 Å². The molecule has 2 N–H and O–H groups in total. The van der Waals surface area contributed by atoms with E-state index in [9.17, 15) is 22.8 Å². The molecule has 176 valence electrons. The Hall–Kier alpha value is -3.43. The molecule has 1 aliphatic rings. The Morgan fingerprint density at radius 1 is 1.03 bits per heavy atom. The Labute approximate surface area is 198 Å². The molecule has 1 aromatic heterocycles. The zero-order valence-electron chi connectivity index (χ0n) is 17.9. The first kappa shape index (κ1) is 23.7. The van der Waals surface area contributed by atoms with E-state index in [2.05, 4.69) is 15.6 Å². The lowest BCUT2D eigenvalue weighted by Crippen LogP contribution is -2.26. The van der Waals surface area contributed by atoms with Crippen LogP contribution in [0.1, 0.15) is 43.3 Å². The van der Waals surface area contributed by atoms with Gasteiger partial charge in [0.25, 0.3) is 11.8 Å². The molecule has 0 bridgehead atoms. The standard InChI is InChI=1S/C24H19ClF3N3O3/c1-12-4-14(15-10-34-11-15)9-29-22(12)31-24(33)16-6-17(20(27)7-18(16)25)23(32)30-8-13-2-3-19(26)21(28)5-13/h2-7,9,15H,8,10-11H2,1H3,(H,30,32)(H,29,31,33). The number of nitrogens with zero attached hydrogens (tertiary/aromatic N) is 1. The highest BCUT2D eigenvalue weighted by molar-refractivity contribution is 6.34. The molecule has 34 heavy (non-hydrogen) atoms. The van der Waals surface area contributed by atoms with Gasteiger partial charge >= 0.3 is 0 Å². The van der Waals surface area contributed by atoms with Crippen molar-refractivity contribution in [1.82, 2.24) is 10.3 Å². The van der Waals surface area contributed by atoms with Gasteiger partial charge in [-0.1, -0.05) is 23.7 Å². The molecular formula is C24H19ClF3N3O3. The van der Waals surface area contributed by atoms with E-state index in [0.717, 1.165) is 35.4 Å². The summed E-state index contributed by atoms with van der Waals surface area (Å²) in [5.74, 6) is -3.98. The number of anilines is 1. The smallest absolute Gasteiger partial charge is 0.258 e. The van der Waals surface area contributed by atoms with E-state index in [1.807, 2.05) is 6.07 Å². The largest absolute Gasteiger partial charge is 0.380 e. The molecule has 0 saturated carbocycles. The second-order valence-corrected chi connectivity index (χ2v) is 8.27. The lowest BCUT2D eigenvalue weighted by molar-refractivity contribution is 0.00828. The highest BCUT2D eigenvalue weighted by Gasteiger charge is 2.23. The maximum absolute atomic E-state index is 14.4. The van der Waals surface area contributed by atoms with Crippen LogP contribution >= 0.6 is 11.6 Å². The minimum atomic E-state index is -1.07. The average molecular weight is 490 g/mol.